The van der Waals surface area contributed by atoms with E-state index in [1.54, 1.807) is 12.3 Å². The van der Waals surface area contributed by atoms with Crippen LogP contribution in [0.25, 0.3) is 10.9 Å². The van der Waals surface area contributed by atoms with E-state index in [9.17, 15) is 9.18 Å². The summed E-state index contributed by atoms with van der Waals surface area (Å²) in [5, 5.41) is 10.1. The zero-order valence-electron chi connectivity index (χ0n) is 10.5. The fraction of sp³-hybridized carbons (Fsp3) is 0. The van der Waals surface area contributed by atoms with E-state index in [0.29, 0.717) is 16.8 Å². The van der Waals surface area contributed by atoms with E-state index in [1.807, 2.05) is 6.07 Å². The van der Waals surface area contributed by atoms with Gasteiger partial charge in [-0.05, 0) is 30.3 Å². The maximum Gasteiger partial charge on any atom is 0.257 e. The van der Waals surface area contributed by atoms with Crippen LogP contribution >= 0.6 is 27.5 Å². The number of carbonyl (C=O) groups excluding carboxylic acids is 1. The number of carbonyl (C=O) groups is 1. The summed E-state index contributed by atoms with van der Waals surface area (Å²) in [4.78, 5) is 12.4. The van der Waals surface area contributed by atoms with Crippen LogP contribution in [0.4, 0.5) is 10.1 Å². The molecule has 3 aromatic rings. The lowest BCUT2D eigenvalue weighted by atomic mass is 10.1. The van der Waals surface area contributed by atoms with E-state index in [4.69, 9.17) is 11.6 Å². The Bertz CT molecular complexity index is 849. The standard InChI is InChI=1S/C14H8BrClFN3O/c15-8-3-7-6-18-20-13(7)10(4-8)14(21)19-9-1-2-12(17)11(16)5-9/h1-6H,(H,18,20)(H,19,21). The molecule has 2 aromatic carbocycles. The van der Waals surface area contributed by atoms with Crippen LogP contribution in [0.1, 0.15) is 10.4 Å². The molecule has 2 N–H and O–H groups in total. The number of aromatic amines is 1. The molecule has 21 heavy (non-hydrogen) atoms. The minimum absolute atomic E-state index is 0.0475. The van der Waals surface area contributed by atoms with Crippen molar-refractivity contribution in [2.24, 2.45) is 0 Å². The normalized spacial score (nSPS) is 10.8. The van der Waals surface area contributed by atoms with Gasteiger partial charge in [0.2, 0.25) is 0 Å². The number of fused-ring (bicyclic) bond motifs is 1. The Labute approximate surface area is 132 Å². The van der Waals surface area contributed by atoms with Gasteiger partial charge in [0, 0.05) is 15.5 Å². The summed E-state index contributed by atoms with van der Waals surface area (Å²) >= 11 is 9.05. The Morgan fingerprint density at radius 1 is 1.33 bits per heavy atom. The molecule has 0 aliphatic heterocycles. The first kappa shape index (κ1) is 14.0. The largest absolute Gasteiger partial charge is 0.322 e. The Hall–Kier alpha value is -1.92. The van der Waals surface area contributed by atoms with Crippen molar-refractivity contribution >= 4 is 50.0 Å². The summed E-state index contributed by atoms with van der Waals surface area (Å²) in [5.74, 6) is -0.874. The van der Waals surface area contributed by atoms with Crippen LogP contribution in [0.3, 0.4) is 0 Å². The summed E-state index contributed by atoms with van der Waals surface area (Å²) in [6.45, 7) is 0. The van der Waals surface area contributed by atoms with Crippen molar-refractivity contribution < 1.29 is 9.18 Å². The van der Waals surface area contributed by atoms with E-state index >= 15 is 0 Å². The third-order valence-electron chi connectivity index (χ3n) is 2.94. The smallest absolute Gasteiger partial charge is 0.257 e. The molecular weight excluding hydrogens is 361 g/mol. The minimum atomic E-state index is -0.534. The van der Waals surface area contributed by atoms with Gasteiger partial charge in [0.05, 0.1) is 22.3 Å². The Morgan fingerprint density at radius 2 is 2.14 bits per heavy atom. The molecule has 1 heterocycles. The second-order valence-electron chi connectivity index (χ2n) is 4.37. The molecule has 106 valence electrons. The summed E-state index contributed by atoms with van der Waals surface area (Å²) in [7, 11) is 0. The topological polar surface area (TPSA) is 57.8 Å². The zero-order chi connectivity index (χ0) is 15.0. The van der Waals surface area contributed by atoms with Crippen LogP contribution in [0.2, 0.25) is 5.02 Å². The van der Waals surface area contributed by atoms with E-state index in [1.165, 1.54) is 18.2 Å². The van der Waals surface area contributed by atoms with Gasteiger partial charge < -0.3 is 5.32 Å². The Morgan fingerprint density at radius 3 is 2.90 bits per heavy atom. The molecule has 4 nitrogen and oxygen atoms in total. The Kier molecular flexibility index (Phi) is 3.65. The van der Waals surface area contributed by atoms with E-state index < -0.39 is 5.82 Å². The summed E-state index contributed by atoms with van der Waals surface area (Å²) in [6, 6.07) is 7.54. The molecular formula is C14H8BrClFN3O. The van der Waals surface area contributed by atoms with Gasteiger partial charge in [0.15, 0.2) is 0 Å². The minimum Gasteiger partial charge on any atom is -0.322 e. The van der Waals surface area contributed by atoms with Gasteiger partial charge in [0.1, 0.15) is 5.82 Å². The first-order chi connectivity index (χ1) is 10.0. The molecule has 0 aliphatic rings. The quantitative estimate of drug-likeness (QED) is 0.705. The van der Waals surface area contributed by atoms with Crippen molar-refractivity contribution in [3.05, 3.63) is 57.4 Å². The third-order valence-corrected chi connectivity index (χ3v) is 3.68. The second-order valence-corrected chi connectivity index (χ2v) is 5.69. The third kappa shape index (κ3) is 2.77. The molecule has 1 aromatic heterocycles. The molecule has 0 spiro atoms. The fourth-order valence-corrected chi connectivity index (χ4v) is 2.63. The molecule has 0 saturated carbocycles. The molecule has 0 atom stereocenters. The lowest BCUT2D eigenvalue weighted by molar-refractivity contribution is 0.102. The molecule has 0 unspecified atom stereocenters. The van der Waals surface area contributed by atoms with Crippen LogP contribution in [0, 0.1) is 5.82 Å². The van der Waals surface area contributed by atoms with Crippen LogP contribution in [0.15, 0.2) is 41.0 Å². The van der Waals surface area contributed by atoms with Crippen LogP contribution in [0.5, 0.6) is 0 Å². The van der Waals surface area contributed by atoms with Gasteiger partial charge in [-0.25, -0.2) is 4.39 Å². The number of nitrogens with one attached hydrogen (secondary N) is 2. The lowest BCUT2D eigenvalue weighted by Gasteiger charge is -2.07. The molecule has 0 radical (unpaired) electrons. The SMILES string of the molecule is O=C(Nc1ccc(F)c(Cl)c1)c1cc(Br)cc2cn[nH]c12. The highest BCUT2D eigenvalue weighted by molar-refractivity contribution is 9.10. The van der Waals surface area contributed by atoms with Crippen LogP contribution in [-0.2, 0) is 0 Å². The summed E-state index contributed by atoms with van der Waals surface area (Å²) in [6.07, 6.45) is 1.63. The fourth-order valence-electron chi connectivity index (χ4n) is 1.97. The summed E-state index contributed by atoms with van der Waals surface area (Å²) in [5.41, 5.74) is 1.47. The van der Waals surface area contributed by atoms with Crippen molar-refractivity contribution in [2.75, 3.05) is 5.32 Å². The number of H-pyrrole nitrogens is 1. The molecule has 0 bridgehead atoms. The number of anilines is 1. The van der Waals surface area contributed by atoms with Gasteiger partial charge in [-0.3, -0.25) is 9.89 Å². The molecule has 1 amide bonds. The number of benzene rings is 2. The van der Waals surface area contributed by atoms with E-state index in [-0.39, 0.29) is 10.9 Å². The first-order valence-corrected chi connectivity index (χ1v) is 7.11. The van der Waals surface area contributed by atoms with Crippen molar-refractivity contribution in [3.63, 3.8) is 0 Å². The van der Waals surface area contributed by atoms with Crippen LogP contribution in [-0.4, -0.2) is 16.1 Å². The molecule has 0 aliphatic carbocycles. The average molecular weight is 369 g/mol. The molecule has 3 rings (SSSR count). The maximum atomic E-state index is 13.1. The van der Waals surface area contributed by atoms with Crippen molar-refractivity contribution in [1.29, 1.82) is 0 Å². The number of hydrogen-bond acceptors (Lipinski definition) is 2. The Balaban J connectivity index is 1.97. The molecule has 0 saturated heterocycles. The van der Waals surface area contributed by atoms with Gasteiger partial charge in [-0.15, -0.1) is 0 Å². The van der Waals surface area contributed by atoms with Crippen molar-refractivity contribution in [1.82, 2.24) is 10.2 Å². The highest BCUT2D eigenvalue weighted by Crippen LogP contribution is 2.24. The second kappa shape index (κ2) is 5.46. The number of nitrogens with zero attached hydrogens (tertiary/aromatic N) is 1. The van der Waals surface area contributed by atoms with Gasteiger partial charge in [-0.1, -0.05) is 27.5 Å². The number of aromatic nitrogens is 2. The number of halogens is 3. The molecule has 0 fully saturated rings. The number of hydrogen-bond donors (Lipinski definition) is 2. The zero-order valence-corrected chi connectivity index (χ0v) is 12.8. The van der Waals surface area contributed by atoms with Gasteiger partial charge in [0.25, 0.3) is 5.91 Å². The van der Waals surface area contributed by atoms with Crippen molar-refractivity contribution in [3.8, 4) is 0 Å². The highest BCUT2D eigenvalue weighted by atomic mass is 79.9. The predicted molar refractivity (Wildman–Crippen MR) is 83.2 cm³/mol. The maximum absolute atomic E-state index is 13.1. The van der Waals surface area contributed by atoms with E-state index in [2.05, 4.69) is 31.4 Å². The average Bonchev–Trinajstić information content (AvgIpc) is 2.90. The van der Waals surface area contributed by atoms with E-state index in [0.717, 1.165) is 9.86 Å². The summed E-state index contributed by atoms with van der Waals surface area (Å²) < 4.78 is 13.9. The first-order valence-electron chi connectivity index (χ1n) is 5.93. The van der Waals surface area contributed by atoms with Gasteiger partial charge >= 0.3 is 0 Å². The number of amides is 1. The monoisotopic (exact) mass is 367 g/mol. The van der Waals surface area contributed by atoms with Gasteiger partial charge in [-0.2, -0.15) is 5.10 Å². The predicted octanol–water partition coefficient (Wildman–Crippen LogP) is 4.37. The van der Waals surface area contributed by atoms with Crippen molar-refractivity contribution in [2.45, 2.75) is 0 Å². The highest BCUT2D eigenvalue weighted by Gasteiger charge is 2.14. The molecule has 7 heteroatoms. The number of rotatable bonds is 2. The lowest BCUT2D eigenvalue weighted by Crippen LogP contribution is -2.12. The van der Waals surface area contributed by atoms with Crippen LogP contribution < -0.4 is 5.32 Å².